The molecule has 6 heteroatoms. The first-order valence-corrected chi connectivity index (χ1v) is 5.05. The van der Waals surface area contributed by atoms with Crippen molar-refractivity contribution in [3.05, 3.63) is 24.0 Å². The second-order valence-electron chi connectivity index (χ2n) is 3.98. The van der Waals surface area contributed by atoms with Crippen LogP contribution in [0.2, 0.25) is 0 Å². The lowest BCUT2D eigenvalue weighted by atomic mass is 10.2. The Morgan fingerprint density at radius 2 is 2.12 bits per heavy atom. The molecule has 0 bridgehead atoms. The Bertz CT molecular complexity index is 365. The number of nitrogens with zero attached hydrogens (tertiary/aromatic N) is 1. The number of hydrogen-bond donors (Lipinski definition) is 1. The highest BCUT2D eigenvalue weighted by atomic mass is 35.5. The van der Waals surface area contributed by atoms with Gasteiger partial charge in [-0.2, -0.15) is 0 Å². The summed E-state index contributed by atoms with van der Waals surface area (Å²) in [5, 5.41) is 0. The first-order valence-electron chi connectivity index (χ1n) is 5.05. The van der Waals surface area contributed by atoms with Crippen LogP contribution in [-0.2, 0) is 0 Å². The molecule has 0 aliphatic carbocycles. The third-order valence-corrected chi connectivity index (χ3v) is 2.60. The molecule has 1 aromatic carbocycles. The number of benzene rings is 1. The second kappa shape index (κ2) is 6.89. The lowest BCUT2D eigenvalue weighted by molar-refractivity contribution is 0.199. The molecule has 0 aromatic heterocycles. The maximum atomic E-state index is 13.3. The van der Waals surface area contributed by atoms with Gasteiger partial charge in [-0.25, -0.2) is 4.39 Å². The standard InChI is InChI=1S/C11H15FN2O.2ClH/c1-14-5-4-9(7-14)15-11-6-8(13)2-3-10(11)12;;/h2-3,6,9H,4-5,7,13H2,1H3;2*1H/t9-;;/m1../s1. The van der Waals surface area contributed by atoms with Crippen molar-refractivity contribution < 1.29 is 9.13 Å². The second-order valence-corrected chi connectivity index (χ2v) is 3.98. The first-order chi connectivity index (χ1) is 7.15. The molecule has 0 spiro atoms. The maximum absolute atomic E-state index is 13.3. The van der Waals surface area contributed by atoms with Crippen LogP contribution in [0.3, 0.4) is 0 Å². The van der Waals surface area contributed by atoms with Crippen molar-refractivity contribution in [2.45, 2.75) is 12.5 Å². The van der Waals surface area contributed by atoms with Gasteiger partial charge in [0.25, 0.3) is 0 Å². The van der Waals surface area contributed by atoms with E-state index in [2.05, 4.69) is 4.90 Å². The first kappa shape index (κ1) is 16.3. The Morgan fingerprint density at radius 1 is 1.41 bits per heavy atom. The van der Waals surface area contributed by atoms with Crippen molar-refractivity contribution in [1.82, 2.24) is 4.90 Å². The van der Waals surface area contributed by atoms with Gasteiger partial charge < -0.3 is 15.4 Å². The van der Waals surface area contributed by atoms with Crippen LogP contribution >= 0.6 is 24.8 Å². The number of rotatable bonds is 2. The Labute approximate surface area is 113 Å². The predicted octanol–water partition coefficient (Wildman–Crippen LogP) is 2.33. The van der Waals surface area contributed by atoms with Crippen LogP contribution in [0.1, 0.15) is 6.42 Å². The van der Waals surface area contributed by atoms with Crippen LogP contribution in [0, 0.1) is 5.82 Å². The summed E-state index contributed by atoms with van der Waals surface area (Å²) < 4.78 is 18.9. The average molecular weight is 283 g/mol. The summed E-state index contributed by atoms with van der Waals surface area (Å²) in [6.07, 6.45) is 1.01. The summed E-state index contributed by atoms with van der Waals surface area (Å²) in [4.78, 5) is 2.16. The molecular formula is C11H17Cl2FN2O. The third-order valence-electron chi connectivity index (χ3n) is 2.60. The zero-order valence-corrected chi connectivity index (χ0v) is 11.2. The van der Waals surface area contributed by atoms with E-state index in [-0.39, 0.29) is 42.5 Å². The van der Waals surface area contributed by atoms with Crippen LogP contribution in [0.25, 0.3) is 0 Å². The van der Waals surface area contributed by atoms with E-state index in [9.17, 15) is 4.39 Å². The van der Waals surface area contributed by atoms with E-state index in [1.807, 2.05) is 7.05 Å². The van der Waals surface area contributed by atoms with E-state index in [1.165, 1.54) is 18.2 Å². The van der Waals surface area contributed by atoms with E-state index >= 15 is 0 Å². The minimum Gasteiger partial charge on any atom is -0.486 e. The van der Waals surface area contributed by atoms with Crippen LogP contribution in [0.15, 0.2) is 18.2 Å². The molecule has 1 saturated heterocycles. The molecule has 1 aromatic rings. The summed E-state index contributed by atoms with van der Waals surface area (Å²) in [5.74, 6) is -0.0888. The van der Waals surface area contributed by atoms with Gasteiger partial charge in [-0.1, -0.05) is 0 Å². The molecule has 3 nitrogen and oxygen atoms in total. The molecule has 98 valence electrons. The predicted molar refractivity (Wildman–Crippen MR) is 71.8 cm³/mol. The van der Waals surface area contributed by atoms with Crippen molar-refractivity contribution in [2.75, 3.05) is 25.9 Å². The normalized spacial score (nSPS) is 19.3. The van der Waals surface area contributed by atoms with E-state index in [0.29, 0.717) is 5.69 Å². The van der Waals surface area contributed by atoms with Crippen LogP contribution in [-0.4, -0.2) is 31.1 Å². The third kappa shape index (κ3) is 4.22. The monoisotopic (exact) mass is 282 g/mol. The molecule has 1 aliphatic heterocycles. The molecule has 1 atom stereocenters. The van der Waals surface area contributed by atoms with Crippen molar-refractivity contribution in [3.8, 4) is 5.75 Å². The summed E-state index contributed by atoms with van der Waals surface area (Å²) in [7, 11) is 2.03. The van der Waals surface area contributed by atoms with Gasteiger partial charge in [0.2, 0.25) is 0 Å². The summed E-state index contributed by atoms with van der Waals surface area (Å²) in [5.41, 5.74) is 6.10. The minimum absolute atomic E-state index is 0. The summed E-state index contributed by atoms with van der Waals surface area (Å²) >= 11 is 0. The van der Waals surface area contributed by atoms with Gasteiger partial charge in [0.05, 0.1) is 0 Å². The fraction of sp³-hybridized carbons (Fsp3) is 0.455. The number of ether oxygens (including phenoxy) is 1. The van der Waals surface area contributed by atoms with E-state index in [1.54, 1.807) is 0 Å². The smallest absolute Gasteiger partial charge is 0.165 e. The molecule has 0 amide bonds. The largest absolute Gasteiger partial charge is 0.486 e. The van der Waals surface area contributed by atoms with Crippen molar-refractivity contribution in [3.63, 3.8) is 0 Å². The average Bonchev–Trinajstić information content (AvgIpc) is 2.58. The van der Waals surface area contributed by atoms with Gasteiger partial charge in [0, 0.05) is 24.8 Å². The number of nitrogens with two attached hydrogens (primary N) is 1. The van der Waals surface area contributed by atoms with E-state index in [0.717, 1.165) is 19.5 Å². The Kier molecular flexibility index (Phi) is 6.60. The zero-order chi connectivity index (χ0) is 10.8. The topological polar surface area (TPSA) is 38.5 Å². The Hall–Kier alpha value is -0.710. The van der Waals surface area contributed by atoms with Crippen molar-refractivity contribution >= 4 is 30.5 Å². The zero-order valence-electron chi connectivity index (χ0n) is 9.56. The Balaban J connectivity index is 0.00000128. The van der Waals surface area contributed by atoms with Gasteiger partial charge in [-0.15, -0.1) is 24.8 Å². The molecule has 2 N–H and O–H groups in total. The highest BCUT2D eigenvalue weighted by Gasteiger charge is 2.21. The van der Waals surface area contributed by atoms with Gasteiger partial charge in [0.1, 0.15) is 6.10 Å². The van der Waals surface area contributed by atoms with Crippen LogP contribution in [0.5, 0.6) is 5.75 Å². The van der Waals surface area contributed by atoms with Gasteiger partial charge in [-0.3, -0.25) is 0 Å². The van der Waals surface area contributed by atoms with Crippen molar-refractivity contribution in [1.29, 1.82) is 0 Å². The van der Waals surface area contributed by atoms with Crippen LogP contribution < -0.4 is 10.5 Å². The minimum atomic E-state index is -0.348. The fourth-order valence-electron chi connectivity index (χ4n) is 1.78. The number of hydrogen-bond acceptors (Lipinski definition) is 3. The quantitative estimate of drug-likeness (QED) is 0.847. The molecule has 17 heavy (non-hydrogen) atoms. The Morgan fingerprint density at radius 3 is 2.71 bits per heavy atom. The number of halogens is 3. The molecule has 0 unspecified atom stereocenters. The number of nitrogen functional groups attached to an aromatic ring is 1. The number of likely N-dealkylation sites (tertiary alicyclic amines) is 1. The molecule has 2 rings (SSSR count). The van der Waals surface area contributed by atoms with Gasteiger partial charge >= 0.3 is 0 Å². The summed E-state index contributed by atoms with van der Waals surface area (Å²) in [6.45, 7) is 1.84. The molecule has 1 heterocycles. The van der Waals surface area contributed by atoms with E-state index in [4.69, 9.17) is 10.5 Å². The number of anilines is 1. The van der Waals surface area contributed by atoms with Crippen molar-refractivity contribution in [2.24, 2.45) is 0 Å². The maximum Gasteiger partial charge on any atom is 0.165 e. The van der Waals surface area contributed by atoms with E-state index < -0.39 is 0 Å². The highest BCUT2D eigenvalue weighted by molar-refractivity contribution is 5.85. The lowest BCUT2D eigenvalue weighted by Gasteiger charge is -2.14. The molecule has 1 fully saturated rings. The molecular weight excluding hydrogens is 266 g/mol. The SMILES string of the molecule is CN1CC[C@@H](Oc2cc(N)ccc2F)C1.Cl.Cl. The fourth-order valence-corrected chi connectivity index (χ4v) is 1.78. The highest BCUT2D eigenvalue weighted by Crippen LogP contribution is 2.23. The summed E-state index contributed by atoms with van der Waals surface area (Å²) in [6, 6.07) is 4.40. The number of likely N-dealkylation sites (N-methyl/N-ethyl adjacent to an activating group) is 1. The molecule has 0 radical (unpaired) electrons. The van der Waals surface area contributed by atoms with Crippen LogP contribution in [0.4, 0.5) is 10.1 Å². The molecule has 0 saturated carbocycles. The van der Waals surface area contributed by atoms with Gasteiger partial charge in [-0.05, 0) is 25.6 Å². The lowest BCUT2D eigenvalue weighted by Crippen LogP contribution is -2.21. The van der Waals surface area contributed by atoms with Gasteiger partial charge in [0.15, 0.2) is 11.6 Å². The molecule has 1 aliphatic rings.